The summed E-state index contributed by atoms with van der Waals surface area (Å²) in [6.07, 6.45) is 2.49. The van der Waals surface area contributed by atoms with Crippen LogP contribution in [0.5, 0.6) is 0 Å². The van der Waals surface area contributed by atoms with E-state index in [0.717, 1.165) is 6.08 Å². The van der Waals surface area contributed by atoms with Crippen LogP contribution in [-0.4, -0.2) is 5.78 Å². The van der Waals surface area contributed by atoms with Gasteiger partial charge in [0.05, 0.1) is 0 Å². The Morgan fingerprint density at radius 1 is 1.58 bits per heavy atom. The van der Waals surface area contributed by atoms with Crippen LogP contribution < -0.4 is 5.73 Å². The van der Waals surface area contributed by atoms with Crippen LogP contribution in [0.1, 0.15) is 20.8 Å². The molecule has 0 aromatic heterocycles. The van der Waals surface area contributed by atoms with E-state index < -0.39 is 5.41 Å². The molecule has 0 fully saturated rings. The van der Waals surface area contributed by atoms with Crippen molar-refractivity contribution in [1.29, 1.82) is 5.26 Å². The minimum Gasteiger partial charge on any atom is -0.370 e. The monoisotopic (exact) mass is 168 g/mol. The number of carbonyl (C=O) groups excluding carboxylic acids is 1. The second kappa shape index (κ2) is 3.77. The number of nitriles is 1. The predicted octanol–water partition coefficient (Wildman–Crippen LogP) is 0.899. The summed E-state index contributed by atoms with van der Waals surface area (Å²) in [6, 6.07) is 0. The summed E-state index contributed by atoms with van der Waals surface area (Å²) >= 11 is 0. The Morgan fingerprint density at radius 2 is 2.08 bits per heavy atom. The number of ether oxygens (including phenoxy) is 1. The van der Waals surface area contributed by atoms with Crippen molar-refractivity contribution in [2.24, 2.45) is 11.1 Å². The lowest BCUT2D eigenvalue weighted by molar-refractivity contribution is -0.121. The van der Waals surface area contributed by atoms with E-state index >= 15 is 0 Å². The Balaban J connectivity index is 4.37. The van der Waals surface area contributed by atoms with E-state index in [4.69, 9.17) is 11.0 Å². The van der Waals surface area contributed by atoms with Crippen LogP contribution in [0.25, 0.3) is 0 Å². The molecule has 0 spiro atoms. The molecule has 0 saturated carbocycles. The van der Waals surface area contributed by atoms with E-state index in [2.05, 4.69) is 4.74 Å². The van der Waals surface area contributed by atoms with Crippen molar-refractivity contribution >= 4 is 5.78 Å². The quantitative estimate of drug-likeness (QED) is 0.377. The maximum Gasteiger partial charge on any atom is 0.293 e. The lowest BCUT2D eigenvalue weighted by Crippen LogP contribution is -2.19. The number of rotatable bonds is 2. The Bertz CT molecular complexity index is 243. The van der Waals surface area contributed by atoms with E-state index in [9.17, 15) is 4.79 Å². The van der Waals surface area contributed by atoms with Crippen molar-refractivity contribution in [1.82, 2.24) is 0 Å². The van der Waals surface area contributed by atoms with Crippen molar-refractivity contribution in [2.45, 2.75) is 20.8 Å². The van der Waals surface area contributed by atoms with Gasteiger partial charge in [-0.25, -0.2) is 0 Å². The third-order valence-electron chi connectivity index (χ3n) is 1.18. The summed E-state index contributed by atoms with van der Waals surface area (Å²) in [4.78, 5) is 11.2. The van der Waals surface area contributed by atoms with Gasteiger partial charge >= 0.3 is 0 Å². The summed E-state index contributed by atoms with van der Waals surface area (Å²) in [5.41, 5.74) is 4.68. The summed E-state index contributed by atoms with van der Waals surface area (Å²) in [6.45, 7) is 5.27. The Kier molecular flexibility index (Phi) is 3.30. The second-order valence-corrected chi connectivity index (χ2v) is 3.35. The van der Waals surface area contributed by atoms with Crippen molar-refractivity contribution in [2.75, 3.05) is 0 Å². The molecule has 0 amide bonds. The molecule has 0 bridgehead atoms. The molecule has 0 aromatic carbocycles. The van der Waals surface area contributed by atoms with Gasteiger partial charge in [-0.15, -0.1) is 5.26 Å². The van der Waals surface area contributed by atoms with Gasteiger partial charge in [0.2, 0.25) is 5.88 Å². The van der Waals surface area contributed by atoms with Gasteiger partial charge in [-0.05, 0) is 0 Å². The SMILES string of the molecule is CC(C)(C)C(=O)/C=C(\N)OC#N. The van der Waals surface area contributed by atoms with Gasteiger partial charge in [-0.1, -0.05) is 20.8 Å². The smallest absolute Gasteiger partial charge is 0.293 e. The molecular weight excluding hydrogens is 156 g/mol. The van der Waals surface area contributed by atoms with Crippen LogP contribution in [0, 0.1) is 16.9 Å². The largest absolute Gasteiger partial charge is 0.370 e. The Labute approximate surface area is 71.6 Å². The van der Waals surface area contributed by atoms with E-state index in [0.29, 0.717) is 0 Å². The van der Waals surface area contributed by atoms with Crippen LogP contribution in [0.15, 0.2) is 12.0 Å². The standard InChI is InChI=1S/C8H12N2O2/c1-8(2,3)6(11)4-7(10)12-5-9/h4H,10H2,1-3H3/b7-4+. The van der Waals surface area contributed by atoms with E-state index in [1.54, 1.807) is 20.8 Å². The van der Waals surface area contributed by atoms with Gasteiger partial charge in [0.1, 0.15) is 0 Å². The number of ketones is 1. The number of hydrogen-bond donors (Lipinski definition) is 1. The molecule has 2 N–H and O–H groups in total. The minimum atomic E-state index is -0.497. The van der Waals surface area contributed by atoms with Crippen LogP contribution in [0.4, 0.5) is 0 Å². The zero-order valence-electron chi connectivity index (χ0n) is 7.42. The second-order valence-electron chi connectivity index (χ2n) is 3.35. The Morgan fingerprint density at radius 3 is 2.42 bits per heavy atom. The molecule has 12 heavy (non-hydrogen) atoms. The van der Waals surface area contributed by atoms with Crippen LogP contribution in [0.3, 0.4) is 0 Å². The molecular formula is C8H12N2O2. The number of nitrogens with zero attached hydrogens (tertiary/aromatic N) is 1. The molecule has 0 aromatic rings. The fourth-order valence-corrected chi connectivity index (χ4v) is 0.428. The van der Waals surface area contributed by atoms with E-state index in [-0.39, 0.29) is 11.7 Å². The minimum absolute atomic E-state index is 0.169. The van der Waals surface area contributed by atoms with Gasteiger partial charge in [-0.2, -0.15) is 0 Å². The summed E-state index contributed by atoms with van der Waals surface area (Å²) in [7, 11) is 0. The molecule has 0 saturated heterocycles. The molecule has 0 heterocycles. The number of allylic oxidation sites excluding steroid dienone is 1. The molecule has 0 unspecified atom stereocenters. The fourth-order valence-electron chi connectivity index (χ4n) is 0.428. The maximum absolute atomic E-state index is 11.2. The van der Waals surface area contributed by atoms with Crippen LogP contribution in [0.2, 0.25) is 0 Å². The van der Waals surface area contributed by atoms with Crippen molar-refractivity contribution in [3.8, 4) is 6.26 Å². The van der Waals surface area contributed by atoms with Gasteiger partial charge in [0.25, 0.3) is 6.26 Å². The maximum atomic E-state index is 11.2. The molecule has 0 atom stereocenters. The highest BCUT2D eigenvalue weighted by Crippen LogP contribution is 2.15. The van der Waals surface area contributed by atoms with E-state index in [1.165, 1.54) is 6.26 Å². The zero-order valence-corrected chi connectivity index (χ0v) is 7.42. The Hall–Kier alpha value is -1.50. The lowest BCUT2D eigenvalue weighted by atomic mass is 9.91. The number of nitrogens with two attached hydrogens (primary N) is 1. The molecule has 0 aliphatic heterocycles. The molecule has 0 aliphatic carbocycles. The lowest BCUT2D eigenvalue weighted by Gasteiger charge is -2.12. The average molecular weight is 168 g/mol. The van der Waals surface area contributed by atoms with Gasteiger partial charge in [0, 0.05) is 11.5 Å². The average Bonchev–Trinajstić information content (AvgIpc) is 1.85. The molecule has 0 rings (SSSR count). The third-order valence-corrected chi connectivity index (χ3v) is 1.18. The van der Waals surface area contributed by atoms with Crippen molar-refractivity contribution in [3.63, 3.8) is 0 Å². The molecule has 4 nitrogen and oxygen atoms in total. The molecule has 66 valence electrons. The van der Waals surface area contributed by atoms with Gasteiger partial charge in [-0.3, -0.25) is 4.79 Å². The molecule has 0 aliphatic rings. The first kappa shape index (κ1) is 10.5. The van der Waals surface area contributed by atoms with Gasteiger partial charge in [0.15, 0.2) is 5.78 Å². The highest BCUT2D eigenvalue weighted by atomic mass is 16.5. The summed E-state index contributed by atoms with van der Waals surface area (Å²) in [5, 5.41) is 8.05. The summed E-state index contributed by atoms with van der Waals surface area (Å²) in [5.74, 6) is -0.340. The van der Waals surface area contributed by atoms with Crippen LogP contribution in [-0.2, 0) is 9.53 Å². The van der Waals surface area contributed by atoms with Gasteiger partial charge < -0.3 is 10.5 Å². The normalized spacial score (nSPS) is 12.0. The summed E-state index contributed by atoms with van der Waals surface area (Å²) < 4.78 is 4.23. The number of carbonyl (C=O) groups is 1. The van der Waals surface area contributed by atoms with Crippen molar-refractivity contribution in [3.05, 3.63) is 12.0 Å². The molecule has 0 radical (unpaired) electrons. The predicted molar refractivity (Wildman–Crippen MR) is 43.4 cm³/mol. The third kappa shape index (κ3) is 3.62. The first-order valence-corrected chi connectivity index (χ1v) is 3.45. The van der Waals surface area contributed by atoms with E-state index in [1.807, 2.05) is 0 Å². The number of hydrogen-bond acceptors (Lipinski definition) is 4. The zero-order chi connectivity index (χ0) is 9.78. The first-order chi connectivity index (χ1) is 5.38. The highest BCUT2D eigenvalue weighted by molar-refractivity contribution is 5.94. The van der Waals surface area contributed by atoms with Crippen molar-refractivity contribution < 1.29 is 9.53 Å². The first-order valence-electron chi connectivity index (χ1n) is 3.45. The van der Waals surface area contributed by atoms with Crippen LogP contribution >= 0.6 is 0 Å². The fraction of sp³-hybridized carbons (Fsp3) is 0.500. The molecule has 4 heteroatoms. The topological polar surface area (TPSA) is 76.1 Å². The highest BCUT2D eigenvalue weighted by Gasteiger charge is 2.19.